The van der Waals surface area contributed by atoms with Crippen molar-refractivity contribution in [2.24, 2.45) is 0 Å². The minimum absolute atomic E-state index is 0.0600. The maximum Gasteiger partial charge on any atom is 0.228 e. The number of carbonyl (C=O) groups is 1. The first-order chi connectivity index (χ1) is 9.84. The Labute approximate surface area is 117 Å². The van der Waals surface area contributed by atoms with E-state index < -0.39 is 0 Å². The van der Waals surface area contributed by atoms with Crippen molar-refractivity contribution in [2.75, 3.05) is 13.1 Å². The first-order valence-corrected chi connectivity index (χ1v) is 6.75. The molecule has 1 aliphatic rings. The molecule has 2 aromatic rings. The van der Waals surface area contributed by atoms with E-state index in [0.717, 1.165) is 12.1 Å². The SMILES string of the molecule is O=C(NCCn1ccnn1)C1CNCc2ccccc21. The molecule has 20 heavy (non-hydrogen) atoms. The van der Waals surface area contributed by atoms with E-state index in [4.69, 9.17) is 0 Å². The van der Waals surface area contributed by atoms with E-state index in [1.165, 1.54) is 5.56 Å². The monoisotopic (exact) mass is 271 g/mol. The van der Waals surface area contributed by atoms with Crippen molar-refractivity contribution in [3.05, 3.63) is 47.8 Å². The third-order valence-electron chi connectivity index (χ3n) is 3.52. The Morgan fingerprint density at radius 3 is 3.20 bits per heavy atom. The standard InChI is InChI=1S/C14H17N5O/c20-14(16-5-7-19-8-6-17-18-19)13-10-15-9-11-3-1-2-4-12(11)13/h1-4,6,8,13,15H,5,7,9-10H2,(H,16,20). The molecule has 2 heterocycles. The number of nitrogens with zero attached hydrogens (tertiary/aromatic N) is 3. The third-order valence-corrected chi connectivity index (χ3v) is 3.52. The molecular formula is C14H17N5O. The van der Waals surface area contributed by atoms with Crippen LogP contribution in [0.25, 0.3) is 0 Å². The normalized spacial score (nSPS) is 17.5. The van der Waals surface area contributed by atoms with Crippen LogP contribution in [-0.4, -0.2) is 34.0 Å². The van der Waals surface area contributed by atoms with Gasteiger partial charge in [-0.15, -0.1) is 5.10 Å². The minimum atomic E-state index is -0.115. The average molecular weight is 271 g/mol. The highest BCUT2D eigenvalue weighted by Gasteiger charge is 2.25. The zero-order valence-corrected chi connectivity index (χ0v) is 11.1. The average Bonchev–Trinajstić information content (AvgIpc) is 3.00. The first kappa shape index (κ1) is 12.8. The zero-order chi connectivity index (χ0) is 13.8. The number of fused-ring (bicyclic) bond motifs is 1. The molecule has 104 valence electrons. The lowest BCUT2D eigenvalue weighted by molar-refractivity contribution is -0.122. The number of hydrogen-bond donors (Lipinski definition) is 2. The predicted molar refractivity (Wildman–Crippen MR) is 73.9 cm³/mol. The maximum atomic E-state index is 12.3. The Kier molecular flexibility index (Phi) is 3.73. The molecule has 1 unspecified atom stereocenters. The molecule has 1 aliphatic heterocycles. The van der Waals surface area contributed by atoms with E-state index in [0.29, 0.717) is 19.6 Å². The smallest absolute Gasteiger partial charge is 0.228 e. The Morgan fingerprint density at radius 1 is 1.45 bits per heavy atom. The molecule has 1 aromatic carbocycles. The van der Waals surface area contributed by atoms with E-state index in [9.17, 15) is 4.79 Å². The lowest BCUT2D eigenvalue weighted by Crippen LogP contribution is -2.39. The fourth-order valence-electron chi connectivity index (χ4n) is 2.50. The van der Waals surface area contributed by atoms with Crippen LogP contribution in [0.15, 0.2) is 36.7 Å². The summed E-state index contributed by atoms with van der Waals surface area (Å²) in [7, 11) is 0. The summed E-state index contributed by atoms with van der Waals surface area (Å²) in [5, 5.41) is 13.8. The Balaban J connectivity index is 1.60. The van der Waals surface area contributed by atoms with Crippen LogP contribution in [0.5, 0.6) is 0 Å². The van der Waals surface area contributed by atoms with Crippen LogP contribution in [0.2, 0.25) is 0 Å². The summed E-state index contributed by atoms with van der Waals surface area (Å²) in [6.45, 7) is 2.71. The summed E-state index contributed by atoms with van der Waals surface area (Å²) in [4.78, 5) is 12.3. The van der Waals surface area contributed by atoms with E-state index in [-0.39, 0.29) is 11.8 Å². The summed E-state index contributed by atoms with van der Waals surface area (Å²) in [6, 6.07) is 8.10. The van der Waals surface area contributed by atoms with Crippen LogP contribution in [0.1, 0.15) is 17.0 Å². The van der Waals surface area contributed by atoms with E-state index in [1.54, 1.807) is 17.1 Å². The Bertz CT molecular complexity index is 581. The molecule has 0 saturated heterocycles. The summed E-state index contributed by atoms with van der Waals surface area (Å²) < 4.78 is 1.70. The van der Waals surface area contributed by atoms with Gasteiger partial charge in [-0.25, -0.2) is 0 Å². The fraction of sp³-hybridized carbons (Fsp3) is 0.357. The van der Waals surface area contributed by atoms with Crippen molar-refractivity contribution >= 4 is 5.91 Å². The van der Waals surface area contributed by atoms with Crippen molar-refractivity contribution in [1.29, 1.82) is 0 Å². The van der Waals surface area contributed by atoms with E-state index in [2.05, 4.69) is 27.0 Å². The fourth-order valence-corrected chi connectivity index (χ4v) is 2.50. The second-order valence-corrected chi connectivity index (χ2v) is 4.84. The molecule has 6 nitrogen and oxygen atoms in total. The molecule has 0 bridgehead atoms. The lowest BCUT2D eigenvalue weighted by Gasteiger charge is -2.25. The van der Waals surface area contributed by atoms with Crippen LogP contribution in [-0.2, 0) is 17.9 Å². The summed E-state index contributed by atoms with van der Waals surface area (Å²) in [5.41, 5.74) is 2.33. The van der Waals surface area contributed by atoms with Crippen molar-refractivity contribution in [3.63, 3.8) is 0 Å². The number of hydrogen-bond acceptors (Lipinski definition) is 4. The first-order valence-electron chi connectivity index (χ1n) is 6.75. The second kappa shape index (κ2) is 5.83. The van der Waals surface area contributed by atoms with Crippen LogP contribution < -0.4 is 10.6 Å². The van der Waals surface area contributed by atoms with Gasteiger partial charge in [-0.05, 0) is 11.1 Å². The van der Waals surface area contributed by atoms with Crippen molar-refractivity contribution < 1.29 is 4.79 Å². The highest BCUT2D eigenvalue weighted by Crippen LogP contribution is 2.23. The van der Waals surface area contributed by atoms with Gasteiger partial charge in [-0.2, -0.15) is 0 Å². The van der Waals surface area contributed by atoms with Gasteiger partial charge < -0.3 is 10.6 Å². The van der Waals surface area contributed by atoms with Crippen LogP contribution in [0.3, 0.4) is 0 Å². The number of nitrogens with one attached hydrogen (secondary N) is 2. The lowest BCUT2D eigenvalue weighted by atomic mass is 9.90. The number of amides is 1. The number of aromatic nitrogens is 3. The van der Waals surface area contributed by atoms with Crippen LogP contribution in [0, 0.1) is 0 Å². The molecule has 1 aromatic heterocycles. The Morgan fingerprint density at radius 2 is 2.35 bits per heavy atom. The van der Waals surface area contributed by atoms with E-state index >= 15 is 0 Å². The maximum absolute atomic E-state index is 12.3. The van der Waals surface area contributed by atoms with Crippen LogP contribution in [0.4, 0.5) is 0 Å². The Hall–Kier alpha value is -2.21. The third kappa shape index (κ3) is 2.70. The largest absolute Gasteiger partial charge is 0.354 e. The van der Waals surface area contributed by atoms with Gasteiger partial charge in [-0.3, -0.25) is 9.48 Å². The molecule has 0 fully saturated rings. The summed E-state index contributed by atoms with van der Waals surface area (Å²) >= 11 is 0. The van der Waals surface area contributed by atoms with Gasteiger partial charge in [-0.1, -0.05) is 29.5 Å². The van der Waals surface area contributed by atoms with Crippen molar-refractivity contribution in [1.82, 2.24) is 25.6 Å². The number of benzene rings is 1. The highest BCUT2D eigenvalue weighted by molar-refractivity contribution is 5.84. The molecule has 3 rings (SSSR count). The van der Waals surface area contributed by atoms with Gasteiger partial charge in [0, 0.05) is 25.8 Å². The highest BCUT2D eigenvalue weighted by atomic mass is 16.1. The minimum Gasteiger partial charge on any atom is -0.354 e. The van der Waals surface area contributed by atoms with Gasteiger partial charge in [0.15, 0.2) is 0 Å². The van der Waals surface area contributed by atoms with Crippen molar-refractivity contribution in [3.8, 4) is 0 Å². The molecule has 0 aliphatic carbocycles. The molecule has 0 spiro atoms. The summed E-state index contributed by atoms with van der Waals surface area (Å²) in [5.74, 6) is -0.0551. The van der Waals surface area contributed by atoms with Gasteiger partial charge in [0.2, 0.25) is 5.91 Å². The second-order valence-electron chi connectivity index (χ2n) is 4.84. The molecular weight excluding hydrogens is 254 g/mol. The molecule has 6 heteroatoms. The number of carbonyl (C=O) groups excluding carboxylic acids is 1. The summed E-state index contributed by atoms with van der Waals surface area (Å²) in [6.07, 6.45) is 3.41. The van der Waals surface area contributed by atoms with Gasteiger partial charge in [0.25, 0.3) is 0 Å². The molecule has 1 amide bonds. The molecule has 1 atom stereocenters. The van der Waals surface area contributed by atoms with Crippen LogP contribution >= 0.6 is 0 Å². The van der Waals surface area contributed by atoms with Gasteiger partial charge in [0.05, 0.1) is 18.7 Å². The van der Waals surface area contributed by atoms with Gasteiger partial charge >= 0.3 is 0 Å². The van der Waals surface area contributed by atoms with E-state index in [1.807, 2.05) is 18.2 Å². The molecule has 2 N–H and O–H groups in total. The number of rotatable bonds is 4. The zero-order valence-electron chi connectivity index (χ0n) is 11.1. The predicted octanol–water partition coefficient (Wildman–Crippen LogP) is 0.281. The topological polar surface area (TPSA) is 71.8 Å². The molecule has 0 radical (unpaired) electrons. The quantitative estimate of drug-likeness (QED) is 0.838. The molecule has 0 saturated carbocycles. The van der Waals surface area contributed by atoms with Crippen molar-refractivity contribution in [2.45, 2.75) is 19.0 Å². The van der Waals surface area contributed by atoms with Gasteiger partial charge in [0.1, 0.15) is 0 Å².